The van der Waals surface area contributed by atoms with Gasteiger partial charge in [0.1, 0.15) is 41.9 Å². The Hall–Kier alpha value is -6.73. The number of hydrogen-bond acceptors (Lipinski definition) is 17. The number of likely N-dealkylation sites (tertiary alicyclic amines) is 1. The van der Waals surface area contributed by atoms with Crippen LogP contribution in [0.1, 0.15) is 90.4 Å². The molecular formula is C43H80N18O12. The quantitative estimate of drug-likeness (QED) is 0.0120. The van der Waals surface area contributed by atoms with E-state index in [0.717, 1.165) is 0 Å². The maximum Gasteiger partial charge on any atom is 0.352 e. The van der Waals surface area contributed by atoms with E-state index < -0.39 is 126 Å². The van der Waals surface area contributed by atoms with Gasteiger partial charge in [-0.25, -0.2) is 9.59 Å². The first kappa shape index (κ1) is 64.3. The molecule has 414 valence electrons. The van der Waals surface area contributed by atoms with Crippen molar-refractivity contribution in [1.82, 2.24) is 52.8 Å². The zero-order chi connectivity index (χ0) is 55.0. The minimum absolute atomic E-state index is 0.00359. The normalized spacial score (nSPS) is 16.2. The number of urea groups is 1. The van der Waals surface area contributed by atoms with E-state index in [0.29, 0.717) is 38.6 Å². The van der Waals surface area contributed by atoms with Crippen LogP contribution in [-0.2, 0) is 43.2 Å². The van der Waals surface area contributed by atoms with Crippen molar-refractivity contribution in [3.63, 3.8) is 0 Å². The molecule has 0 bridgehead atoms. The van der Waals surface area contributed by atoms with E-state index in [9.17, 15) is 58.2 Å². The number of carboxylic acid groups (broad SMARTS) is 1. The molecule has 1 fully saturated rings. The van der Waals surface area contributed by atoms with Gasteiger partial charge in [0.2, 0.25) is 47.3 Å². The number of primary amides is 1. The molecule has 30 heteroatoms. The number of hydrogen-bond donors (Lipinski definition) is 19. The number of unbranched alkanes of at least 4 members (excludes halogenated alkanes) is 2. The van der Waals surface area contributed by atoms with Crippen LogP contribution in [0, 0.1) is 5.41 Å². The van der Waals surface area contributed by atoms with Gasteiger partial charge in [-0.05, 0) is 104 Å². The third kappa shape index (κ3) is 25.0. The number of nitrogens with two attached hydrogens (primary N) is 7. The first-order valence-electron chi connectivity index (χ1n) is 24.3. The van der Waals surface area contributed by atoms with Crippen molar-refractivity contribution in [2.45, 2.75) is 139 Å². The van der Waals surface area contributed by atoms with Crippen molar-refractivity contribution >= 4 is 65.2 Å². The van der Waals surface area contributed by atoms with Crippen LogP contribution < -0.4 is 88.0 Å². The maximum absolute atomic E-state index is 14.1. The topological polar surface area (TPSA) is 529 Å². The van der Waals surface area contributed by atoms with Crippen LogP contribution in [0.2, 0.25) is 0 Å². The Morgan fingerprint density at radius 1 is 0.685 bits per heavy atom. The summed E-state index contributed by atoms with van der Waals surface area (Å²) in [5, 5.41) is 49.4. The van der Waals surface area contributed by atoms with Crippen LogP contribution >= 0.6 is 0 Å². The van der Waals surface area contributed by atoms with Gasteiger partial charge in [0, 0.05) is 26.2 Å². The molecule has 10 amide bonds. The summed E-state index contributed by atoms with van der Waals surface area (Å²) >= 11 is 0. The van der Waals surface area contributed by atoms with E-state index >= 15 is 0 Å². The summed E-state index contributed by atoms with van der Waals surface area (Å²) in [6.45, 7) is 1.12. The molecule has 0 unspecified atom stereocenters. The van der Waals surface area contributed by atoms with Crippen LogP contribution in [-0.4, -0.2) is 181 Å². The van der Waals surface area contributed by atoms with E-state index in [4.69, 9.17) is 45.5 Å². The molecule has 73 heavy (non-hydrogen) atoms. The van der Waals surface area contributed by atoms with Gasteiger partial charge in [0.15, 0.2) is 5.96 Å². The Bertz CT molecular complexity index is 1890. The lowest BCUT2D eigenvalue weighted by Crippen LogP contribution is -2.60. The van der Waals surface area contributed by atoms with E-state index in [1.807, 2.05) is 0 Å². The van der Waals surface area contributed by atoms with Gasteiger partial charge in [-0.3, -0.25) is 43.8 Å². The average Bonchev–Trinajstić information content (AvgIpc) is 3.84. The monoisotopic (exact) mass is 1040 g/mol. The minimum Gasteiger partial charge on any atom is -0.477 e. The SMILES string of the molecule is C[C@H](NC(=O)[C@@H](NC(=O)[C@@H](N)CCCCN)[C@@H](O)CN)C(=O)NCC(=O)N[C@H](CCCN)C(=O)N1CCC[C@H]1C(=O)N[C@@H](CCCNC(N)=O)C(=O)N[C@@H](CCCCN)C(=O)N/C(=C\CCNC(=N)N)C(=O)O. The number of carbonyl (C=O) groups excluding carboxylic acids is 9. The minimum atomic E-state index is -1.57. The summed E-state index contributed by atoms with van der Waals surface area (Å²) in [5.74, 6) is -8.34. The van der Waals surface area contributed by atoms with Gasteiger partial charge in [-0.1, -0.05) is 12.5 Å². The van der Waals surface area contributed by atoms with Gasteiger partial charge < -0.3 is 103 Å². The van der Waals surface area contributed by atoms with Gasteiger partial charge in [0.25, 0.3) is 0 Å². The fourth-order valence-electron chi connectivity index (χ4n) is 7.31. The fraction of sp³-hybridized carbons (Fsp3) is 0.698. The Morgan fingerprint density at radius 2 is 1.30 bits per heavy atom. The van der Waals surface area contributed by atoms with E-state index in [1.54, 1.807) is 0 Å². The van der Waals surface area contributed by atoms with Crippen LogP contribution in [0.4, 0.5) is 4.79 Å². The van der Waals surface area contributed by atoms with Crippen LogP contribution in [0.15, 0.2) is 11.8 Å². The number of nitrogens with zero attached hydrogens (tertiary/aromatic N) is 1. The molecule has 0 saturated carbocycles. The lowest BCUT2D eigenvalue weighted by molar-refractivity contribution is -0.142. The highest BCUT2D eigenvalue weighted by Crippen LogP contribution is 2.20. The highest BCUT2D eigenvalue weighted by atomic mass is 16.4. The number of carboxylic acids is 1. The molecule has 26 N–H and O–H groups in total. The molecule has 0 spiro atoms. The summed E-state index contributed by atoms with van der Waals surface area (Å²) in [5.41, 5.74) is 38.3. The zero-order valence-corrected chi connectivity index (χ0v) is 41.5. The molecule has 8 atom stereocenters. The molecule has 0 aromatic carbocycles. The standard InChI is InChI=1S/C43H80N18O12/c1-24(55-39(69)33(31(62)22-47)60-35(65)25(48)10-2-4-16-44)34(64)54-23-32(63)56-28(12-6-18-46)40(70)61-21-9-15-30(61)38(68)58-27(13-7-20-53-43(51)73)36(66)57-26(11-3-5-17-45)37(67)59-29(41(71)72)14-8-19-52-42(49)50/h14,24-28,30-31,33,62H,2-13,15-23,44-48H2,1H3,(H,54,64)(H,55,69)(H,56,63)(H,57,66)(H,58,68)(H,59,67)(H,60,65)(H,71,72)(H4,49,50,52)(H3,51,53,73)/b29-14-/t24-,25-,26-,27-,28+,30-,31-,33-/m0/s1. The van der Waals surface area contributed by atoms with Gasteiger partial charge in [-0.2, -0.15) is 0 Å². The molecule has 1 aliphatic rings. The summed E-state index contributed by atoms with van der Waals surface area (Å²) in [4.78, 5) is 132. The fourth-order valence-corrected chi connectivity index (χ4v) is 7.31. The summed E-state index contributed by atoms with van der Waals surface area (Å²) in [6.07, 6.45) is 2.72. The number of nitrogens with one attached hydrogen (secondary N) is 10. The number of guanidine groups is 1. The Kier molecular flexibility index (Phi) is 31.2. The maximum atomic E-state index is 14.1. The summed E-state index contributed by atoms with van der Waals surface area (Å²) < 4.78 is 0. The van der Waals surface area contributed by atoms with Crippen LogP contribution in [0.5, 0.6) is 0 Å². The molecule has 0 radical (unpaired) electrons. The molecule has 0 aromatic heterocycles. The van der Waals surface area contributed by atoms with E-state index in [-0.39, 0.29) is 90.0 Å². The molecule has 1 aliphatic heterocycles. The zero-order valence-electron chi connectivity index (χ0n) is 41.5. The predicted octanol–water partition coefficient (Wildman–Crippen LogP) is -7.41. The molecule has 0 aromatic rings. The second kappa shape index (κ2) is 35.4. The first-order valence-corrected chi connectivity index (χ1v) is 24.3. The number of amides is 10. The van der Waals surface area contributed by atoms with Crippen molar-refractivity contribution in [2.75, 3.05) is 52.4 Å². The van der Waals surface area contributed by atoms with Crippen LogP contribution in [0.3, 0.4) is 0 Å². The molecule has 1 saturated heterocycles. The Balaban J connectivity index is 3.20. The van der Waals surface area contributed by atoms with Gasteiger partial charge in [-0.15, -0.1) is 0 Å². The predicted molar refractivity (Wildman–Crippen MR) is 265 cm³/mol. The second-order valence-electron chi connectivity index (χ2n) is 17.3. The lowest BCUT2D eigenvalue weighted by Gasteiger charge is -2.30. The second-order valence-corrected chi connectivity index (χ2v) is 17.3. The largest absolute Gasteiger partial charge is 0.477 e. The van der Waals surface area contributed by atoms with Crippen molar-refractivity contribution in [2.24, 2.45) is 40.1 Å². The van der Waals surface area contributed by atoms with Crippen molar-refractivity contribution < 1.29 is 58.2 Å². The summed E-state index contributed by atoms with van der Waals surface area (Å²) in [7, 11) is 0. The van der Waals surface area contributed by atoms with Crippen molar-refractivity contribution in [1.29, 1.82) is 5.41 Å². The molecule has 0 aliphatic carbocycles. The third-order valence-corrected chi connectivity index (χ3v) is 11.3. The van der Waals surface area contributed by atoms with Crippen LogP contribution in [0.25, 0.3) is 0 Å². The van der Waals surface area contributed by atoms with Crippen molar-refractivity contribution in [3.05, 3.63) is 11.8 Å². The average molecular weight is 1040 g/mol. The number of aliphatic carboxylic acids is 1. The third-order valence-electron chi connectivity index (χ3n) is 11.3. The van der Waals surface area contributed by atoms with E-state index in [1.165, 1.54) is 17.9 Å². The molecule has 30 nitrogen and oxygen atoms in total. The smallest absolute Gasteiger partial charge is 0.352 e. The Morgan fingerprint density at radius 3 is 1.90 bits per heavy atom. The molecule has 1 heterocycles. The molecular weight excluding hydrogens is 961 g/mol. The number of carbonyl (C=O) groups is 10. The molecule has 1 rings (SSSR count). The number of rotatable bonds is 36. The highest BCUT2D eigenvalue weighted by Gasteiger charge is 2.39. The highest BCUT2D eigenvalue weighted by molar-refractivity contribution is 5.99. The van der Waals surface area contributed by atoms with E-state index in [2.05, 4.69) is 47.9 Å². The first-order chi connectivity index (χ1) is 34.6. The number of aliphatic hydroxyl groups is 1. The Labute approximate surface area is 423 Å². The van der Waals surface area contributed by atoms with Crippen molar-refractivity contribution in [3.8, 4) is 0 Å². The van der Waals surface area contributed by atoms with Gasteiger partial charge in [0.05, 0.1) is 18.7 Å². The lowest BCUT2D eigenvalue weighted by atomic mass is 10.0. The van der Waals surface area contributed by atoms with Gasteiger partial charge >= 0.3 is 12.0 Å². The number of aliphatic hydroxyl groups excluding tert-OH is 1. The summed E-state index contributed by atoms with van der Waals surface area (Å²) in [6, 6.07) is -9.77.